The van der Waals surface area contributed by atoms with Crippen molar-refractivity contribution in [2.45, 2.75) is 38.9 Å². The zero-order valence-electron chi connectivity index (χ0n) is 13.5. The van der Waals surface area contributed by atoms with Gasteiger partial charge in [-0.05, 0) is 45.5 Å². The fourth-order valence-corrected chi connectivity index (χ4v) is 2.36. The van der Waals surface area contributed by atoms with Crippen LogP contribution in [0.15, 0.2) is 53.1 Å². The Morgan fingerprint density at radius 1 is 1.10 bits per heavy atom. The third-order valence-electron chi connectivity index (χ3n) is 3.53. The van der Waals surface area contributed by atoms with Crippen LogP contribution in [0.1, 0.15) is 38.1 Å². The number of hydrogen-bond acceptors (Lipinski definition) is 3. The van der Waals surface area contributed by atoms with Crippen LogP contribution in [0, 0.1) is 0 Å². The summed E-state index contributed by atoms with van der Waals surface area (Å²) in [7, 11) is 2.14. The van der Waals surface area contributed by atoms with Crippen molar-refractivity contribution in [1.82, 2.24) is 10.2 Å². The highest BCUT2D eigenvalue weighted by atomic mass is 16.3. The number of nitrogens with zero attached hydrogens (tertiary/aromatic N) is 1. The molecule has 0 aliphatic carbocycles. The molecular formula is C18H26N2O. The summed E-state index contributed by atoms with van der Waals surface area (Å²) in [6.07, 6.45) is 1.73. The van der Waals surface area contributed by atoms with Crippen molar-refractivity contribution in [2.75, 3.05) is 13.6 Å². The Bertz CT molecular complexity index is 514. The first kappa shape index (κ1) is 15.8. The van der Waals surface area contributed by atoms with Crippen LogP contribution in [0.25, 0.3) is 0 Å². The fourth-order valence-electron chi connectivity index (χ4n) is 2.36. The first-order valence-electron chi connectivity index (χ1n) is 7.48. The summed E-state index contributed by atoms with van der Waals surface area (Å²) in [5, 5.41) is 3.61. The van der Waals surface area contributed by atoms with Gasteiger partial charge in [0, 0.05) is 18.1 Å². The van der Waals surface area contributed by atoms with Gasteiger partial charge in [0.05, 0.1) is 12.8 Å². The predicted octanol–water partition coefficient (Wildman–Crippen LogP) is 3.84. The minimum atomic E-state index is 0.110. The van der Waals surface area contributed by atoms with E-state index < -0.39 is 0 Å². The predicted molar refractivity (Wildman–Crippen MR) is 87.1 cm³/mol. The molecule has 1 aromatic carbocycles. The summed E-state index contributed by atoms with van der Waals surface area (Å²) in [5.74, 6) is 0.995. The van der Waals surface area contributed by atoms with Crippen LogP contribution in [-0.2, 0) is 6.54 Å². The molecule has 21 heavy (non-hydrogen) atoms. The van der Waals surface area contributed by atoms with Crippen LogP contribution in [0.4, 0.5) is 0 Å². The van der Waals surface area contributed by atoms with Crippen molar-refractivity contribution in [1.29, 1.82) is 0 Å². The molecule has 0 radical (unpaired) electrons. The minimum absolute atomic E-state index is 0.110. The van der Waals surface area contributed by atoms with E-state index >= 15 is 0 Å². The number of nitrogens with one attached hydrogen (secondary N) is 1. The molecule has 1 N–H and O–H groups in total. The maximum absolute atomic E-state index is 5.47. The summed E-state index contributed by atoms with van der Waals surface area (Å²) < 4.78 is 5.47. The molecule has 0 bridgehead atoms. The van der Waals surface area contributed by atoms with Gasteiger partial charge in [-0.3, -0.25) is 4.90 Å². The minimum Gasteiger partial charge on any atom is -0.468 e. The van der Waals surface area contributed by atoms with E-state index in [1.807, 2.05) is 12.1 Å². The van der Waals surface area contributed by atoms with Crippen molar-refractivity contribution in [3.63, 3.8) is 0 Å². The van der Waals surface area contributed by atoms with Crippen molar-refractivity contribution in [3.8, 4) is 0 Å². The number of rotatable bonds is 6. The van der Waals surface area contributed by atoms with Crippen LogP contribution >= 0.6 is 0 Å². The van der Waals surface area contributed by atoms with Crippen LogP contribution in [0.5, 0.6) is 0 Å². The van der Waals surface area contributed by atoms with Crippen LogP contribution in [0.2, 0.25) is 0 Å². The third-order valence-corrected chi connectivity index (χ3v) is 3.53. The third kappa shape index (κ3) is 5.03. The molecule has 0 spiro atoms. The zero-order valence-corrected chi connectivity index (χ0v) is 13.5. The largest absolute Gasteiger partial charge is 0.468 e. The fraction of sp³-hybridized carbons (Fsp3) is 0.444. The number of benzene rings is 1. The molecule has 0 saturated heterocycles. The van der Waals surface area contributed by atoms with Gasteiger partial charge in [-0.15, -0.1) is 0 Å². The van der Waals surface area contributed by atoms with E-state index in [0.29, 0.717) is 6.04 Å². The summed E-state index contributed by atoms with van der Waals surface area (Å²) in [6, 6.07) is 14.9. The Hall–Kier alpha value is -1.58. The normalized spacial score (nSPS) is 13.6. The lowest BCUT2D eigenvalue weighted by Gasteiger charge is -2.31. The summed E-state index contributed by atoms with van der Waals surface area (Å²) in [5.41, 5.74) is 1.43. The molecule has 1 heterocycles. The van der Waals surface area contributed by atoms with Crippen LogP contribution in [0.3, 0.4) is 0 Å². The Balaban J connectivity index is 2.11. The Morgan fingerprint density at radius 3 is 2.38 bits per heavy atom. The number of likely N-dealkylation sites (N-methyl/N-ethyl adjacent to an activating group) is 1. The second kappa shape index (κ2) is 6.92. The first-order valence-corrected chi connectivity index (χ1v) is 7.48. The van der Waals surface area contributed by atoms with Gasteiger partial charge in [0.25, 0.3) is 0 Å². The van der Waals surface area contributed by atoms with Gasteiger partial charge in [-0.25, -0.2) is 0 Å². The molecule has 1 atom stereocenters. The Labute approximate surface area is 128 Å². The summed E-state index contributed by atoms with van der Waals surface area (Å²) >= 11 is 0. The highest BCUT2D eigenvalue weighted by Crippen LogP contribution is 2.21. The second-order valence-corrected chi connectivity index (χ2v) is 6.55. The van der Waals surface area contributed by atoms with Crippen molar-refractivity contribution in [3.05, 3.63) is 60.1 Å². The molecular weight excluding hydrogens is 260 g/mol. The molecule has 0 aliphatic rings. The van der Waals surface area contributed by atoms with Crippen LogP contribution in [-0.4, -0.2) is 24.0 Å². The van der Waals surface area contributed by atoms with E-state index in [9.17, 15) is 0 Å². The summed E-state index contributed by atoms with van der Waals surface area (Å²) in [6.45, 7) is 8.30. The van der Waals surface area contributed by atoms with E-state index in [2.05, 4.69) is 68.4 Å². The molecule has 2 rings (SSSR count). The molecule has 1 unspecified atom stereocenters. The van der Waals surface area contributed by atoms with Gasteiger partial charge in [0.2, 0.25) is 0 Å². The second-order valence-electron chi connectivity index (χ2n) is 6.55. The molecule has 2 aromatic rings. The average Bonchev–Trinajstić information content (AvgIpc) is 2.91. The van der Waals surface area contributed by atoms with Crippen molar-refractivity contribution >= 4 is 0 Å². The Morgan fingerprint density at radius 2 is 1.81 bits per heavy atom. The highest BCUT2D eigenvalue weighted by molar-refractivity contribution is 5.19. The maximum Gasteiger partial charge on any atom is 0.117 e. The first-order chi connectivity index (χ1) is 9.96. The summed E-state index contributed by atoms with van der Waals surface area (Å²) in [4.78, 5) is 2.33. The molecule has 3 heteroatoms. The van der Waals surface area contributed by atoms with Gasteiger partial charge in [0.1, 0.15) is 5.76 Å². The van der Waals surface area contributed by atoms with E-state index in [4.69, 9.17) is 4.42 Å². The molecule has 0 amide bonds. The smallest absolute Gasteiger partial charge is 0.117 e. The lowest BCUT2D eigenvalue weighted by Crippen LogP contribution is -2.42. The lowest BCUT2D eigenvalue weighted by molar-refractivity contribution is 0.201. The van der Waals surface area contributed by atoms with Gasteiger partial charge in [-0.1, -0.05) is 30.3 Å². The van der Waals surface area contributed by atoms with E-state index in [-0.39, 0.29) is 5.54 Å². The molecule has 114 valence electrons. The maximum atomic E-state index is 5.47. The molecule has 0 saturated carbocycles. The van der Waals surface area contributed by atoms with Gasteiger partial charge < -0.3 is 9.73 Å². The van der Waals surface area contributed by atoms with Crippen molar-refractivity contribution < 1.29 is 4.42 Å². The van der Waals surface area contributed by atoms with Crippen LogP contribution < -0.4 is 5.32 Å². The van der Waals surface area contributed by atoms with Gasteiger partial charge in [-0.2, -0.15) is 0 Å². The average molecular weight is 286 g/mol. The molecule has 1 aromatic heterocycles. The van der Waals surface area contributed by atoms with E-state index in [1.54, 1.807) is 6.26 Å². The topological polar surface area (TPSA) is 28.4 Å². The van der Waals surface area contributed by atoms with E-state index in [1.165, 1.54) is 5.56 Å². The highest BCUT2D eigenvalue weighted by Gasteiger charge is 2.20. The molecule has 0 aliphatic heterocycles. The standard InChI is InChI=1S/C18H26N2O/c1-18(2,3)19-13-17(15-9-6-5-7-10-15)20(4)14-16-11-8-12-21-16/h5-12,17,19H,13-14H2,1-4H3. The lowest BCUT2D eigenvalue weighted by atomic mass is 10.0. The number of hydrogen-bond donors (Lipinski definition) is 1. The van der Waals surface area contributed by atoms with Gasteiger partial charge in [0.15, 0.2) is 0 Å². The van der Waals surface area contributed by atoms with Gasteiger partial charge >= 0.3 is 0 Å². The zero-order chi connectivity index (χ0) is 15.3. The number of furan rings is 1. The van der Waals surface area contributed by atoms with Crippen molar-refractivity contribution in [2.24, 2.45) is 0 Å². The molecule has 3 nitrogen and oxygen atoms in total. The van der Waals surface area contributed by atoms with E-state index in [0.717, 1.165) is 18.8 Å². The quantitative estimate of drug-likeness (QED) is 0.874. The molecule has 0 fully saturated rings. The monoisotopic (exact) mass is 286 g/mol. The SMILES string of the molecule is CN(Cc1ccco1)C(CNC(C)(C)C)c1ccccc1. The Kier molecular flexibility index (Phi) is 5.21.